The first kappa shape index (κ1) is 33.7. The van der Waals surface area contributed by atoms with E-state index in [-0.39, 0.29) is 5.41 Å². The van der Waals surface area contributed by atoms with Gasteiger partial charge < -0.3 is 9.32 Å². The van der Waals surface area contributed by atoms with Crippen molar-refractivity contribution in [3.05, 3.63) is 211 Å². The zero-order chi connectivity index (χ0) is 39.2. The van der Waals surface area contributed by atoms with Crippen LogP contribution in [0.3, 0.4) is 0 Å². The van der Waals surface area contributed by atoms with E-state index < -0.39 is 0 Å². The molecule has 1 heterocycles. The highest BCUT2D eigenvalue weighted by atomic mass is 16.3. The predicted octanol–water partition coefficient (Wildman–Crippen LogP) is 16.2. The summed E-state index contributed by atoms with van der Waals surface area (Å²) in [5.74, 6) is 0. The van der Waals surface area contributed by atoms with E-state index in [2.05, 4.69) is 207 Å². The molecule has 278 valence electrons. The van der Waals surface area contributed by atoms with Gasteiger partial charge in [0.1, 0.15) is 11.2 Å². The first-order valence-corrected chi connectivity index (χ1v) is 20.5. The first-order chi connectivity index (χ1) is 29.0. The lowest BCUT2D eigenvalue weighted by Crippen LogP contribution is -2.17. The lowest BCUT2D eigenvalue weighted by molar-refractivity contribution is 0.661. The van der Waals surface area contributed by atoms with Crippen LogP contribution in [-0.4, -0.2) is 0 Å². The van der Waals surface area contributed by atoms with Crippen molar-refractivity contribution < 1.29 is 4.42 Å². The number of anilines is 3. The second-order valence-electron chi connectivity index (χ2n) is 16.5. The van der Waals surface area contributed by atoms with Crippen molar-refractivity contribution in [2.75, 3.05) is 4.90 Å². The van der Waals surface area contributed by atoms with Crippen LogP contribution in [0.4, 0.5) is 17.1 Å². The minimum absolute atomic E-state index is 0.180. The molecule has 0 fully saturated rings. The molecular weight excluding hydrogens is 715 g/mol. The molecule has 0 bridgehead atoms. The highest BCUT2D eigenvalue weighted by molar-refractivity contribution is 6.08. The van der Waals surface area contributed by atoms with Crippen molar-refractivity contribution in [3.8, 4) is 33.4 Å². The van der Waals surface area contributed by atoms with E-state index in [4.69, 9.17) is 4.42 Å². The van der Waals surface area contributed by atoms with Gasteiger partial charge in [-0.15, -0.1) is 0 Å². The maximum atomic E-state index is 6.17. The summed E-state index contributed by atoms with van der Waals surface area (Å²) < 4.78 is 6.17. The Hall–Kier alpha value is -7.42. The third kappa shape index (κ3) is 5.26. The second kappa shape index (κ2) is 12.8. The Balaban J connectivity index is 1.07. The first-order valence-electron chi connectivity index (χ1n) is 20.5. The Morgan fingerprint density at radius 3 is 1.78 bits per heavy atom. The normalized spacial score (nSPS) is 13.1. The fourth-order valence-corrected chi connectivity index (χ4v) is 9.78. The zero-order valence-corrected chi connectivity index (χ0v) is 32.9. The fraction of sp³-hybridized carbons (Fsp3) is 0.0526. The van der Waals surface area contributed by atoms with E-state index in [0.29, 0.717) is 0 Å². The minimum atomic E-state index is -0.180. The molecule has 2 heteroatoms. The summed E-state index contributed by atoms with van der Waals surface area (Å²) in [5, 5.41) is 9.74. The van der Waals surface area contributed by atoms with Crippen LogP contribution in [-0.2, 0) is 5.41 Å². The van der Waals surface area contributed by atoms with Crippen LogP contribution in [0, 0.1) is 0 Å². The molecule has 59 heavy (non-hydrogen) atoms. The molecule has 0 radical (unpaired) electrons. The van der Waals surface area contributed by atoms with Gasteiger partial charge in [0.2, 0.25) is 0 Å². The largest absolute Gasteiger partial charge is 0.456 e. The number of rotatable bonds is 5. The average Bonchev–Trinajstić information content (AvgIpc) is 3.76. The Bertz CT molecular complexity index is 3480. The van der Waals surface area contributed by atoms with Gasteiger partial charge in [-0.3, -0.25) is 0 Å². The van der Waals surface area contributed by atoms with Crippen LogP contribution in [0.25, 0.3) is 87.6 Å². The Morgan fingerprint density at radius 1 is 0.373 bits per heavy atom. The van der Waals surface area contributed by atoms with Crippen molar-refractivity contribution in [1.82, 2.24) is 0 Å². The van der Waals surface area contributed by atoms with Gasteiger partial charge in [-0.2, -0.15) is 0 Å². The smallest absolute Gasteiger partial charge is 0.135 e. The molecule has 2 nitrogen and oxygen atoms in total. The molecule has 11 aromatic rings. The molecule has 0 unspecified atom stereocenters. The Labute approximate surface area is 343 Å². The zero-order valence-electron chi connectivity index (χ0n) is 32.9. The minimum Gasteiger partial charge on any atom is -0.456 e. The number of hydrogen-bond donors (Lipinski definition) is 0. The van der Waals surface area contributed by atoms with Crippen LogP contribution >= 0.6 is 0 Å². The summed E-state index contributed by atoms with van der Waals surface area (Å²) >= 11 is 0. The van der Waals surface area contributed by atoms with E-state index in [0.717, 1.165) is 50.1 Å². The average molecular weight is 754 g/mol. The quantitative estimate of drug-likeness (QED) is 0.174. The van der Waals surface area contributed by atoms with Crippen LogP contribution in [0.2, 0.25) is 0 Å². The lowest BCUT2D eigenvalue weighted by atomic mass is 9.81. The van der Waals surface area contributed by atoms with E-state index in [1.54, 1.807) is 0 Å². The maximum absolute atomic E-state index is 6.17. The number of hydrogen-bond acceptors (Lipinski definition) is 2. The van der Waals surface area contributed by atoms with Crippen molar-refractivity contribution in [3.63, 3.8) is 0 Å². The van der Waals surface area contributed by atoms with Gasteiger partial charge in [0.25, 0.3) is 0 Å². The molecule has 0 saturated heterocycles. The van der Waals surface area contributed by atoms with Crippen LogP contribution in [0.5, 0.6) is 0 Å². The summed E-state index contributed by atoms with van der Waals surface area (Å²) in [7, 11) is 0. The topological polar surface area (TPSA) is 16.4 Å². The summed E-state index contributed by atoms with van der Waals surface area (Å²) in [6.45, 7) is 4.76. The van der Waals surface area contributed by atoms with E-state index in [1.165, 1.54) is 65.7 Å². The molecule has 0 atom stereocenters. The van der Waals surface area contributed by atoms with Gasteiger partial charge in [0.05, 0.1) is 5.69 Å². The molecule has 1 aliphatic carbocycles. The summed E-state index contributed by atoms with van der Waals surface area (Å²) in [5.41, 5.74) is 15.1. The van der Waals surface area contributed by atoms with Crippen molar-refractivity contribution in [2.45, 2.75) is 19.3 Å². The van der Waals surface area contributed by atoms with Crippen LogP contribution in [0.1, 0.15) is 25.0 Å². The number of furan rings is 1. The SMILES string of the molecule is CC1(C)c2cc(N(c3ccc(-c4ccc5oc6ccccc6c5c4)cc3)c3ccc4ccccc4c3-c3ccc4ccccc4c3)ccc2-c2cc3ccccc3cc21. The van der Waals surface area contributed by atoms with Gasteiger partial charge in [-0.1, -0.05) is 147 Å². The second-order valence-corrected chi connectivity index (χ2v) is 16.5. The highest BCUT2D eigenvalue weighted by Gasteiger charge is 2.36. The number of nitrogens with zero attached hydrogens (tertiary/aromatic N) is 1. The van der Waals surface area contributed by atoms with Crippen molar-refractivity contribution >= 4 is 71.3 Å². The van der Waals surface area contributed by atoms with Gasteiger partial charge in [-0.05, 0) is 138 Å². The molecule has 0 saturated carbocycles. The molecule has 1 aliphatic rings. The number of benzene rings is 10. The van der Waals surface area contributed by atoms with Gasteiger partial charge in [-0.25, -0.2) is 0 Å². The summed E-state index contributed by atoms with van der Waals surface area (Å²) in [6, 6.07) is 73.5. The number of para-hydroxylation sites is 1. The standard InChI is InChI=1S/C57H39NO/c1-57(2)51-34-41-15-6-5-14-40(41)32-49(51)47-28-27-45(35-52(47)57)58(44-25-21-37(22-26-44)42-24-30-55-50(33-42)48-17-9-10-18-54(48)59-55)53-29-23-38-12-7-8-16-46(38)56(53)43-20-19-36-11-3-4-13-39(36)31-43/h3-35H,1-2H3. The monoisotopic (exact) mass is 753 g/mol. The van der Waals surface area contributed by atoms with Gasteiger partial charge in [0, 0.05) is 33.1 Å². The fourth-order valence-electron chi connectivity index (χ4n) is 9.78. The predicted molar refractivity (Wildman–Crippen MR) is 249 cm³/mol. The third-order valence-corrected chi connectivity index (χ3v) is 12.8. The molecule has 0 amide bonds. The molecule has 0 spiro atoms. The molecule has 10 aromatic carbocycles. The summed E-state index contributed by atoms with van der Waals surface area (Å²) in [4.78, 5) is 2.48. The van der Waals surface area contributed by atoms with Crippen molar-refractivity contribution in [1.29, 1.82) is 0 Å². The summed E-state index contributed by atoms with van der Waals surface area (Å²) in [6.07, 6.45) is 0. The van der Waals surface area contributed by atoms with E-state index in [1.807, 2.05) is 12.1 Å². The Morgan fingerprint density at radius 2 is 0.966 bits per heavy atom. The molecule has 1 aromatic heterocycles. The maximum Gasteiger partial charge on any atom is 0.135 e. The molecular formula is C57H39NO. The molecule has 12 rings (SSSR count). The Kier molecular flexibility index (Phi) is 7.31. The van der Waals surface area contributed by atoms with Crippen LogP contribution < -0.4 is 4.90 Å². The number of fused-ring (bicyclic) bond motifs is 9. The van der Waals surface area contributed by atoms with E-state index in [9.17, 15) is 0 Å². The highest BCUT2D eigenvalue weighted by Crippen LogP contribution is 2.53. The van der Waals surface area contributed by atoms with Gasteiger partial charge >= 0.3 is 0 Å². The van der Waals surface area contributed by atoms with Crippen molar-refractivity contribution in [2.24, 2.45) is 0 Å². The van der Waals surface area contributed by atoms with E-state index >= 15 is 0 Å². The van der Waals surface area contributed by atoms with Crippen LogP contribution in [0.15, 0.2) is 205 Å². The molecule has 0 aliphatic heterocycles. The lowest BCUT2D eigenvalue weighted by Gasteiger charge is -2.30. The third-order valence-electron chi connectivity index (χ3n) is 12.8. The molecule has 0 N–H and O–H groups in total. The van der Waals surface area contributed by atoms with Gasteiger partial charge in [0.15, 0.2) is 0 Å².